The fourth-order valence-corrected chi connectivity index (χ4v) is 6.83. The normalized spacial score (nSPS) is 11.8. The maximum atomic E-state index is 13.1. The molecule has 0 amide bonds. The molecule has 0 bridgehead atoms. The monoisotopic (exact) mass is 556 g/mol. The van der Waals surface area contributed by atoms with Crippen molar-refractivity contribution >= 4 is 54.8 Å². The second kappa shape index (κ2) is 10.2. The molecule has 4 aromatic carbocycles. The van der Waals surface area contributed by atoms with E-state index in [4.69, 9.17) is 8.83 Å². The lowest BCUT2D eigenvalue weighted by Gasteiger charge is -2.07. The number of hydrogen-bond donors (Lipinski definition) is 0. The zero-order chi connectivity index (χ0) is 28.1. The molecular weight excluding hydrogens is 528 g/mol. The van der Waals surface area contributed by atoms with Crippen LogP contribution in [0.5, 0.6) is 0 Å². The Hall–Kier alpha value is -4.48. The molecule has 202 valence electrons. The molecule has 0 atom stereocenters. The van der Waals surface area contributed by atoms with Crippen LogP contribution in [-0.2, 0) is 12.8 Å². The van der Waals surface area contributed by atoms with E-state index in [1.165, 1.54) is 22.5 Å². The first-order chi connectivity index (χ1) is 20.0. The number of fused-ring (bicyclic) bond motifs is 6. The molecule has 0 fully saturated rings. The first kappa shape index (κ1) is 25.5. The van der Waals surface area contributed by atoms with Crippen molar-refractivity contribution in [3.8, 4) is 20.9 Å². The molecule has 0 spiro atoms. The number of rotatable bonds is 6. The highest BCUT2D eigenvalue weighted by atomic mass is 32.1. The van der Waals surface area contributed by atoms with E-state index < -0.39 is 11.3 Å². The topological polar surface area (TPSA) is 60.4 Å². The predicted molar refractivity (Wildman–Crippen MR) is 170 cm³/mol. The molecule has 0 saturated carbocycles. The van der Waals surface area contributed by atoms with E-state index in [2.05, 4.69) is 50.2 Å². The molecule has 0 N–H and O–H groups in total. The van der Waals surface area contributed by atoms with Crippen molar-refractivity contribution in [1.82, 2.24) is 0 Å². The molecule has 7 rings (SSSR count). The minimum atomic E-state index is -0.396. The maximum absolute atomic E-state index is 13.1. The quantitative estimate of drug-likeness (QED) is 0.151. The van der Waals surface area contributed by atoms with E-state index in [-0.39, 0.29) is 0 Å². The number of thiophene rings is 1. The van der Waals surface area contributed by atoms with Crippen molar-refractivity contribution in [1.29, 1.82) is 0 Å². The molecule has 0 saturated heterocycles. The van der Waals surface area contributed by atoms with Crippen LogP contribution < -0.4 is 11.3 Å². The lowest BCUT2D eigenvalue weighted by atomic mass is 10.0. The van der Waals surface area contributed by atoms with Gasteiger partial charge in [-0.25, -0.2) is 9.59 Å². The largest absolute Gasteiger partial charge is 0.422 e. The van der Waals surface area contributed by atoms with Crippen molar-refractivity contribution in [3.05, 3.63) is 117 Å². The maximum Gasteiger partial charge on any atom is 0.345 e. The summed E-state index contributed by atoms with van der Waals surface area (Å²) in [7, 11) is 0. The summed E-state index contributed by atoms with van der Waals surface area (Å²) in [5.74, 6) is 0. The molecule has 0 radical (unpaired) electrons. The Morgan fingerprint density at radius 2 is 1.00 bits per heavy atom. The molecule has 4 nitrogen and oxygen atoms in total. The predicted octanol–water partition coefficient (Wildman–Crippen LogP) is 9.51. The first-order valence-electron chi connectivity index (χ1n) is 14.1. The van der Waals surface area contributed by atoms with E-state index >= 15 is 0 Å². The van der Waals surface area contributed by atoms with E-state index in [0.29, 0.717) is 22.3 Å². The van der Waals surface area contributed by atoms with Crippen molar-refractivity contribution in [2.24, 2.45) is 0 Å². The summed E-state index contributed by atoms with van der Waals surface area (Å²) in [6, 6.07) is 28.3. The van der Waals surface area contributed by atoms with Gasteiger partial charge in [-0.1, -0.05) is 75.2 Å². The van der Waals surface area contributed by atoms with E-state index in [0.717, 1.165) is 67.8 Å². The molecule has 5 heteroatoms. The molecule has 7 aromatic rings. The summed E-state index contributed by atoms with van der Waals surface area (Å²) in [5, 5.41) is 6.14. The molecule has 3 heterocycles. The molecule has 0 aliphatic rings. The van der Waals surface area contributed by atoms with Crippen molar-refractivity contribution in [3.63, 3.8) is 0 Å². The second-order valence-electron chi connectivity index (χ2n) is 10.6. The van der Waals surface area contributed by atoms with Gasteiger partial charge in [0.25, 0.3) is 0 Å². The Kier molecular flexibility index (Phi) is 6.32. The second-order valence-corrected chi connectivity index (χ2v) is 11.7. The van der Waals surface area contributed by atoms with Gasteiger partial charge in [0, 0.05) is 20.5 Å². The number of benzene rings is 4. The number of hydrogen-bond acceptors (Lipinski definition) is 5. The SMILES string of the molecule is CCCc1ccc2c(ccc3oc(=O)c(-c4ccc(-c5cc6c(ccc7cc(CCC)ccc76)oc5=O)s4)cc32)c1. The molecule has 0 aliphatic carbocycles. The summed E-state index contributed by atoms with van der Waals surface area (Å²) < 4.78 is 11.6. The Labute approximate surface area is 240 Å². The standard InChI is InChI=1S/C36H28O4S/c1-3-5-21-7-11-25-23(17-21)9-13-31-27(25)19-29(35(37)39-31)33-15-16-34(41-33)30-20-28-26-12-8-22(6-4-2)18-24(26)10-14-32(28)40-36(30)38/h7-20H,3-6H2,1-2H3. The van der Waals surface area contributed by atoms with Crippen LogP contribution in [0.4, 0.5) is 0 Å². The van der Waals surface area contributed by atoms with Crippen molar-refractivity contribution < 1.29 is 8.83 Å². The zero-order valence-electron chi connectivity index (χ0n) is 23.0. The van der Waals surface area contributed by atoms with Gasteiger partial charge in [0.2, 0.25) is 0 Å². The van der Waals surface area contributed by atoms with E-state index in [1.807, 2.05) is 48.5 Å². The third-order valence-electron chi connectivity index (χ3n) is 7.81. The summed E-state index contributed by atoms with van der Waals surface area (Å²) >= 11 is 1.39. The molecule has 3 aromatic heterocycles. The van der Waals surface area contributed by atoms with Crippen LogP contribution in [0.2, 0.25) is 0 Å². The van der Waals surface area contributed by atoms with Gasteiger partial charge in [-0.2, -0.15) is 0 Å². The van der Waals surface area contributed by atoms with Crippen LogP contribution in [0, 0.1) is 0 Å². The van der Waals surface area contributed by atoms with Gasteiger partial charge in [0.1, 0.15) is 11.2 Å². The van der Waals surface area contributed by atoms with Gasteiger partial charge in [-0.3, -0.25) is 0 Å². The molecule has 0 aliphatic heterocycles. The van der Waals surface area contributed by atoms with Crippen LogP contribution in [0.25, 0.3) is 64.4 Å². The zero-order valence-corrected chi connectivity index (χ0v) is 23.8. The van der Waals surface area contributed by atoms with Gasteiger partial charge in [-0.05, 0) is 81.9 Å². The molecule has 0 unspecified atom stereocenters. The van der Waals surface area contributed by atoms with Gasteiger partial charge < -0.3 is 8.83 Å². The van der Waals surface area contributed by atoms with Crippen LogP contribution in [0.1, 0.15) is 37.8 Å². The molecular formula is C36H28O4S. The third-order valence-corrected chi connectivity index (χ3v) is 8.96. The highest BCUT2D eigenvalue weighted by Crippen LogP contribution is 2.36. The Bertz CT molecular complexity index is 2070. The lowest BCUT2D eigenvalue weighted by Crippen LogP contribution is -2.02. The highest BCUT2D eigenvalue weighted by Gasteiger charge is 2.16. The van der Waals surface area contributed by atoms with E-state index in [9.17, 15) is 9.59 Å². The first-order valence-corrected chi connectivity index (χ1v) is 14.9. The minimum absolute atomic E-state index is 0.396. The van der Waals surface area contributed by atoms with Crippen LogP contribution in [-0.4, -0.2) is 0 Å². The average Bonchev–Trinajstić information content (AvgIpc) is 3.46. The van der Waals surface area contributed by atoms with Gasteiger partial charge in [-0.15, -0.1) is 11.3 Å². The third kappa shape index (κ3) is 4.47. The Morgan fingerprint density at radius 3 is 1.44 bits per heavy atom. The fraction of sp³-hybridized carbons (Fsp3) is 0.167. The van der Waals surface area contributed by atoms with Crippen LogP contribution in [0.3, 0.4) is 0 Å². The van der Waals surface area contributed by atoms with Crippen molar-refractivity contribution in [2.75, 3.05) is 0 Å². The Balaban J connectivity index is 1.34. The lowest BCUT2D eigenvalue weighted by molar-refractivity contribution is 0.564. The Morgan fingerprint density at radius 1 is 0.537 bits per heavy atom. The smallest absolute Gasteiger partial charge is 0.345 e. The average molecular weight is 557 g/mol. The summed E-state index contributed by atoms with van der Waals surface area (Å²) in [5.41, 5.74) is 3.90. The van der Waals surface area contributed by atoms with Gasteiger partial charge in [0.05, 0.1) is 11.1 Å². The summed E-state index contributed by atoms with van der Waals surface area (Å²) in [4.78, 5) is 27.6. The van der Waals surface area contributed by atoms with Crippen molar-refractivity contribution in [2.45, 2.75) is 39.5 Å². The summed E-state index contributed by atoms with van der Waals surface area (Å²) in [6.07, 6.45) is 4.23. The van der Waals surface area contributed by atoms with Crippen LogP contribution >= 0.6 is 11.3 Å². The number of aryl methyl sites for hydroxylation is 2. The fourth-order valence-electron chi connectivity index (χ4n) is 5.82. The van der Waals surface area contributed by atoms with Crippen LogP contribution in [0.15, 0.2) is 103 Å². The summed E-state index contributed by atoms with van der Waals surface area (Å²) in [6.45, 7) is 4.35. The minimum Gasteiger partial charge on any atom is -0.422 e. The molecule has 41 heavy (non-hydrogen) atoms. The highest BCUT2D eigenvalue weighted by molar-refractivity contribution is 7.18. The van der Waals surface area contributed by atoms with E-state index in [1.54, 1.807) is 0 Å². The van der Waals surface area contributed by atoms with Gasteiger partial charge >= 0.3 is 11.3 Å². The van der Waals surface area contributed by atoms with Gasteiger partial charge in [0.15, 0.2) is 0 Å².